The number of nitrogens with one attached hydrogen (secondary N) is 1. The van der Waals surface area contributed by atoms with Gasteiger partial charge in [-0.15, -0.1) is 0 Å². The van der Waals surface area contributed by atoms with Crippen molar-refractivity contribution in [3.05, 3.63) is 60.9 Å². The summed E-state index contributed by atoms with van der Waals surface area (Å²) in [5, 5.41) is 5.60. The Morgan fingerprint density at radius 3 is 2.41 bits per heavy atom. The molecule has 0 saturated carbocycles. The van der Waals surface area contributed by atoms with Crippen molar-refractivity contribution in [2.75, 3.05) is 5.32 Å². The number of aromatic nitrogens is 2. The van der Waals surface area contributed by atoms with Crippen molar-refractivity contribution < 1.29 is 0 Å². The average Bonchev–Trinajstić information content (AvgIpc) is 2.40. The van der Waals surface area contributed by atoms with Gasteiger partial charge in [0.25, 0.3) is 0 Å². The maximum atomic E-state index is 4.16. The number of benzene rings is 2. The van der Waals surface area contributed by atoms with Gasteiger partial charge in [0, 0.05) is 23.5 Å². The quantitative estimate of drug-likeness (QED) is 0.721. The number of hydrogen-bond donors (Lipinski definition) is 1. The lowest BCUT2D eigenvalue weighted by Gasteiger charge is -2.07. The molecule has 0 fully saturated rings. The lowest BCUT2D eigenvalue weighted by atomic mass is 10.1. The predicted molar refractivity (Wildman–Crippen MR) is 69.3 cm³/mol. The molecule has 0 amide bonds. The summed E-state index contributed by atoms with van der Waals surface area (Å²) in [6, 6.07) is 16.2. The molecule has 3 rings (SSSR count). The van der Waals surface area contributed by atoms with E-state index in [1.807, 2.05) is 24.3 Å². The first-order valence-electron chi connectivity index (χ1n) is 5.45. The maximum absolute atomic E-state index is 4.16. The van der Waals surface area contributed by atoms with Crippen molar-refractivity contribution in [2.24, 2.45) is 0 Å². The van der Waals surface area contributed by atoms with E-state index in [0.717, 1.165) is 5.69 Å². The predicted octanol–water partition coefficient (Wildman–Crippen LogP) is 3.37. The van der Waals surface area contributed by atoms with Crippen LogP contribution in [0, 0.1) is 0 Å². The van der Waals surface area contributed by atoms with Gasteiger partial charge < -0.3 is 5.32 Å². The average molecular weight is 221 g/mol. The molecule has 0 spiro atoms. The number of fused-ring (bicyclic) bond motifs is 1. The third kappa shape index (κ3) is 1.95. The van der Waals surface area contributed by atoms with Gasteiger partial charge in [-0.25, -0.2) is 9.97 Å². The van der Waals surface area contributed by atoms with Crippen LogP contribution in [0.15, 0.2) is 60.9 Å². The van der Waals surface area contributed by atoms with Crippen LogP contribution in [0.4, 0.5) is 11.6 Å². The van der Waals surface area contributed by atoms with E-state index in [1.54, 1.807) is 18.5 Å². The molecule has 0 aliphatic carbocycles. The van der Waals surface area contributed by atoms with Crippen LogP contribution in [0.5, 0.6) is 0 Å². The zero-order chi connectivity index (χ0) is 11.5. The van der Waals surface area contributed by atoms with Gasteiger partial charge >= 0.3 is 0 Å². The number of nitrogens with zero attached hydrogens (tertiary/aromatic N) is 2. The summed E-state index contributed by atoms with van der Waals surface area (Å²) in [4.78, 5) is 8.32. The SMILES string of the molecule is c1cnc(Nc2cccc3ccccc23)nc1. The van der Waals surface area contributed by atoms with Gasteiger partial charge in [0.1, 0.15) is 0 Å². The number of hydrogen-bond acceptors (Lipinski definition) is 3. The van der Waals surface area contributed by atoms with Crippen LogP contribution in [0.1, 0.15) is 0 Å². The second kappa shape index (κ2) is 4.22. The molecule has 3 aromatic rings. The molecule has 82 valence electrons. The maximum Gasteiger partial charge on any atom is 0.227 e. The minimum Gasteiger partial charge on any atom is -0.324 e. The smallest absolute Gasteiger partial charge is 0.227 e. The molecule has 0 saturated heterocycles. The lowest BCUT2D eigenvalue weighted by molar-refractivity contribution is 1.17. The van der Waals surface area contributed by atoms with Crippen LogP contribution >= 0.6 is 0 Å². The monoisotopic (exact) mass is 221 g/mol. The summed E-state index contributed by atoms with van der Waals surface area (Å²) < 4.78 is 0. The minimum atomic E-state index is 0.615. The molecule has 0 aliphatic heterocycles. The lowest BCUT2D eigenvalue weighted by Crippen LogP contribution is -1.96. The Labute approximate surface area is 99.2 Å². The van der Waals surface area contributed by atoms with E-state index in [2.05, 4.69) is 33.5 Å². The summed E-state index contributed by atoms with van der Waals surface area (Å²) >= 11 is 0. The van der Waals surface area contributed by atoms with Gasteiger partial charge in [-0.2, -0.15) is 0 Å². The Balaban J connectivity index is 2.06. The van der Waals surface area contributed by atoms with E-state index in [0.29, 0.717) is 5.95 Å². The molecule has 0 unspecified atom stereocenters. The summed E-state index contributed by atoms with van der Waals surface area (Å²) in [5.74, 6) is 0.615. The van der Waals surface area contributed by atoms with E-state index in [-0.39, 0.29) is 0 Å². The first kappa shape index (κ1) is 9.78. The van der Waals surface area contributed by atoms with Crippen molar-refractivity contribution in [2.45, 2.75) is 0 Å². The van der Waals surface area contributed by atoms with Crippen LogP contribution in [0.25, 0.3) is 10.8 Å². The van der Waals surface area contributed by atoms with Crippen molar-refractivity contribution in [3.8, 4) is 0 Å². The fourth-order valence-electron chi connectivity index (χ4n) is 1.82. The van der Waals surface area contributed by atoms with E-state index < -0.39 is 0 Å². The topological polar surface area (TPSA) is 37.8 Å². The Hall–Kier alpha value is -2.42. The van der Waals surface area contributed by atoms with E-state index >= 15 is 0 Å². The van der Waals surface area contributed by atoms with Gasteiger partial charge in [0.2, 0.25) is 5.95 Å². The van der Waals surface area contributed by atoms with Crippen LogP contribution in [0.3, 0.4) is 0 Å². The Kier molecular flexibility index (Phi) is 2.43. The number of rotatable bonds is 2. The molecule has 0 bridgehead atoms. The van der Waals surface area contributed by atoms with Crippen LogP contribution in [-0.2, 0) is 0 Å². The first-order chi connectivity index (χ1) is 8.43. The molecule has 2 aromatic carbocycles. The molecule has 0 radical (unpaired) electrons. The van der Waals surface area contributed by atoms with Gasteiger partial charge in [0.15, 0.2) is 0 Å². The van der Waals surface area contributed by atoms with Crippen molar-refractivity contribution >= 4 is 22.4 Å². The largest absolute Gasteiger partial charge is 0.324 e. The van der Waals surface area contributed by atoms with Gasteiger partial charge in [-0.3, -0.25) is 0 Å². The second-order valence-corrected chi connectivity index (χ2v) is 3.72. The molecule has 3 heteroatoms. The molecule has 3 nitrogen and oxygen atoms in total. The highest BCUT2D eigenvalue weighted by Crippen LogP contribution is 2.24. The third-order valence-electron chi connectivity index (χ3n) is 2.60. The summed E-state index contributed by atoms with van der Waals surface area (Å²) in [5.41, 5.74) is 1.02. The molecule has 0 aliphatic rings. The Morgan fingerprint density at radius 2 is 1.53 bits per heavy atom. The summed E-state index contributed by atoms with van der Waals surface area (Å²) in [6.07, 6.45) is 3.45. The van der Waals surface area contributed by atoms with E-state index in [1.165, 1.54) is 10.8 Å². The fourth-order valence-corrected chi connectivity index (χ4v) is 1.82. The van der Waals surface area contributed by atoms with Crippen LogP contribution < -0.4 is 5.32 Å². The van der Waals surface area contributed by atoms with Gasteiger partial charge in [0.05, 0.1) is 0 Å². The number of anilines is 2. The fraction of sp³-hybridized carbons (Fsp3) is 0. The van der Waals surface area contributed by atoms with Crippen molar-refractivity contribution in [1.82, 2.24) is 9.97 Å². The molecule has 1 aromatic heterocycles. The second-order valence-electron chi connectivity index (χ2n) is 3.72. The molecule has 17 heavy (non-hydrogen) atoms. The highest BCUT2D eigenvalue weighted by Gasteiger charge is 2.01. The summed E-state index contributed by atoms with van der Waals surface area (Å²) in [7, 11) is 0. The zero-order valence-electron chi connectivity index (χ0n) is 9.17. The normalized spacial score (nSPS) is 10.4. The zero-order valence-corrected chi connectivity index (χ0v) is 9.17. The highest BCUT2D eigenvalue weighted by atomic mass is 15.1. The Morgan fingerprint density at radius 1 is 0.765 bits per heavy atom. The summed E-state index contributed by atoms with van der Waals surface area (Å²) in [6.45, 7) is 0. The minimum absolute atomic E-state index is 0.615. The molecule has 0 atom stereocenters. The van der Waals surface area contributed by atoms with Crippen LogP contribution in [-0.4, -0.2) is 9.97 Å². The Bertz CT molecular complexity index is 630. The van der Waals surface area contributed by atoms with Crippen molar-refractivity contribution in [1.29, 1.82) is 0 Å². The molecular formula is C14H11N3. The molecular weight excluding hydrogens is 210 g/mol. The third-order valence-corrected chi connectivity index (χ3v) is 2.60. The molecule has 1 heterocycles. The van der Waals surface area contributed by atoms with Gasteiger partial charge in [-0.1, -0.05) is 36.4 Å². The van der Waals surface area contributed by atoms with E-state index in [9.17, 15) is 0 Å². The van der Waals surface area contributed by atoms with Gasteiger partial charge in [-0.05, 0) is 17.5 Å². The standard InChI is InChI=1S/C14H11N3/c1-2-7-12-11(5-1)6-3-8-13(12)17-14-15-9-4-10-16-14/h1-10H,(H,15,16,17). The molecule has 1 N–H and O–H groups in total. The van der Waals surface area contributed by atoms with Crippen molar-refractivity contribution in [3.63, 3.8) is 0 Å². The highest BCUT2D eigenvalue weighted by molar-refractivity contribution is 5.94. The first-order valence-corrected chi connectivity index (χ1v) is 5.45. The van der Waals surface area contributed by atoms with E-state index in [4.69, 9.17) is 0 Å². The van der Waals surface area contributed by atoms with Crippen LogP contribution in [0.2, 0.25) is 0 Å².